The third kappa shape index (κ3) is 2.65. The van der Waals surface area contributed by atoms with Gasteiger partial charge in [0.1, 0.15) is 0 Å². The van der Waals surface area contributed by atoms with Crippen molar-refractivity contribution in [1.29, 1.82) is 0 Å². The number of carbonyl (C=O) groups excluding carboxylic acids is 2. The van der Waals surface area contributed by atoms with Crippen LogP contribution in [0.4, 0.5) is 0 Å². The monoisotopic (exact) mass is 259 g/mol. The molecule has 0 saturated carbocycles. The molecule has 0 unspecified atom stereocenters. The molecule has 0 saturated heterocycles. The fourth-order valence-corrected chi connectivity index (χ4v) is 1.70. The molecule has 98 valence electrons. The summed E-state index contributed by atoms with van der Waals surface area (Å²) in [4.78, 5) is 23.2. The average Bonchev–Trinajstić information content (AvgIpc) is 2.66. The largest absolute Gasteiger partial charge is 0.505 e. The van der Waals surface area contributed by atoms with Crippen LogP contribution in [0.15, 0.2) is 47.4 Å². The fourth-order valence-electron chi connectivity index (χ4n) is 1.70. The van der Waals surface area contributed by atoms with Crippen LogP contribution in [0.3, 0.4) is 0 Å². The van der Waals surface area contributed by atoms with Crippen LogP contribution < -0.4 is 5.32 Å². The van der Waals surface area contributed by atoms with E-state index >= 15 is 0 Å². The Balaban J connectivity index is 2.33. The summed E-state index contributed by atoms with van der Waals surface area (Å²) in [7, 11) is 0. The van der Waals surface area contributed by atoms with Crippen molar-refractivity contribution in [2.24, 2.45) is 0 Å². The van der Waals surface area contributed by atoms with Crippen LogP contribution in [0.1, 0.15) is 12.5 Å². The summed E-state index contributed by atoms with van der Waals surface area (Å²) in [5.41, 5.74) is 0.637. The SMILES string of the molecule is CCOC(=O)C1=C(O)/C(=C\c2ccccc2)NC1=O. The second-order valence-electron chi connectivity index (χ2n) is 3.87. The Hall–Kier alpha value is -2.56. The molecule has 0 atom stereocenters. The number of rotatable bonds is 3. The Morgan fingerprint density at radius 1 is 1.37 bits per heavy atom. The molecule has 1 heterocycles. The van der Waals surface area contributed by atoms with Crippen LogP contribution in [-0.4, -0.2) is 23.6 Å². The van der Waals surface area contributed by atoms with E-state index in [0.717, 1.165) is 5.56 Å². The minimum atomic E-state index is -0.825. The van der Waals surface area contributed by atoms with Crippen molar-refractivity contribution in [2.45, 2.75) is 6.92 Å². The summed E-state index contributed by atoms with van der Waals surface area (Å²) in [6.45, 7) is 1.77. The van der Waals surface area contributed by atoms with Crippen LogP contribution in [-0.2, 0) is 14.3 Å². The molecule has 0 radical (unpaired) electrons. The topological polar surface area (TPSA) is 75.6 Å². The third-order valence-corrected chi connectivity index (χ3v) is 2.56. The molecule has 19 heavy (non-hydrogen) atoms. The highest BCUT2D eigenvalue weighted by Crippen LogP contribution is 2.21. The van der Waals surface area contributed by atoms with E-state index < -0.39 is 11.9 Å². The summed E-state index contributed by atoms with van der Waals surface area (Å²) in [6.07, 6.45) is 1.58. The van der Waals surface area contributed by atoms with Crippen molar-refractivity contribution in [2.75, 3.05) is 6.61 Å². The quantitative estimate of drug-likeness (QED) is 0.637. The van der Waals surface area contributed by atoms with Gasteiger partial charge in [-0.25, -0.2) is 4.79 Å². The van der Waals surface area contributed by atoms with Crippen molar-refractivity contribution < 1.29 is 19.4 Å². The third-order valence-electron chi connectivity index (χ3n) is 2.56. The summed E-state index contributed by atoms with van der Waals surface area (Å²) in [5.74, 6) is -1.86. The van der Waals surface area contributed by atoms with Crippen LogP contribution >= 0.6 is 0 Å². The Morgan fingerprint density at radius 2 is 2.05 bits per heavy atom. The maximum atomic E-state index is 11.6. The molecule has 1 aromatic carbocycles. The van der Waals surface area contributed by atoms with Gasteiger partial charge in [-0.05, 0) is 18.6 Å². The number of aliphatic hydroxyl groups is 1. The number of nitrogens with one attached hydrogen (secondary N) is 1. The maximum absolute atomic E-state index is 11.6. The van der Waals surface area contributed by atoms with E-state index in [-0.39, 0.29) is 23.6 Å². The summed E-state index contributed by atoms with van der Waals surface area (Å²) >= 11 is 0. The second kappa shape index (κ2) is 5.39. The van der Waals surface area contributed by atoms with Gasteiger partial charge < -0.3 is 15.2 Å². The van der Waals surface area contributed by atoms with Gasteiger partial charge in [-0.1, -0.05) is 30.3 Å². The molecule has 2 rings (SSSR count). The number of hydrogen-bond acceptors (Lipinski definition) is 4. The average molecular weight is 259 g/mol. The first-order chi connectivity index (χ1) is 9.13. The number of esters is 1. The van der Waals surface area contributed by atoms with E-state index in [9.17, 15) is 14.7 Å². The van der Waals surface area contributed by atoms with Crippen molar-refractivity contribution in [3.8, 4) is 0 Å². The van der Waals surface area contributed by atoms with E-state index in [1.54, 1.807) is 13.0 Å². The van der Waals surface area contributed by atoms with E-state index in [0.29, 0.717) is 0 Å². The van der Waals surface area contributed by atoms with E-state index in [1.165, 1.54) is 0 Å². The van der Waals surface area contributed by atoms with E-state index in [4.69, 9.17) is 4.74 Å². The van der Waals surface area contributed by atoms with Crippen molar-refractivity contribution in [3.63, 3.8) is 0 Å². The lowest BCUT2D eigenvalue weighted by Crippen LogP contribution is -2.21. The standard InChI is InChI=1S/C14H13NO4/c1-2-19-14(18)11-12(16)10(15-13(11)17)8-9-6-4-3-5-7-9/h3-8,16H,2H2,1H3,(H,15,17)/b10-8+. The summed E-state index contributed by atoms with van der Waals surface area (Å²) in [5, 5.41) is 12.3. The van der Waals surface area contributed by atoms with Gasteiger partial charge in [0.25, 0.3) is 5.91 Å². The predicted molar refractivity (Wildman–Crippen MR) is 68.8 cm³/mol. The first-order valence-electron chi connectivity index (χ1n) is 5.82. The van der Waals surface area contributed by atoms with Crippen LogP contribution in [0.5, 0.6) is 0 Å². The van der Waals surface area contributed by atoms with Crippen molar-refractivity contribution in [1.82, 2.24) is 5.32 Å². The van der Waals surface area contributed by atoms with Crippen molar-refractivity contribution in [3.05, 3.63) is 52.9 Å². The Bertz CT molecular complexity index is 572. The molecule has 1 aliphatic rings. The first-order valence-corrected chi connectivity index (χ1v) is 5.82. The number of hydrogen-bond donors (Lipinski definition) is 2. The van der Waals surface area contributed by atoms with Gasteiger partial charge >= 0.3 is 5.97 Å². The highest BCUT2D eigenvalue weighted by Gasteiger charge is 2.33. The number of aliphatic hydroxyl groups excluding tert-OH is 1. The van der Waals surface area contributed by atoms with Crippen LogP contribution in [0, 0.1) is 0 Å². The van der Waals surface area contributed by atoms with Gasteiger partial charge in [0, 0.05) is 0 Å². The zero-order valence-electron chi connectivity index (χ0n) is 10.3. The molecule has 1 aromatic rings. The van der Waals surface area contributed by atoms with Crippen LogP contribution in [0.2, 0.25) is 0 Å². The molecule has 0 aliphatic carbocycles. The summed E-state index contributed by atoms with van der Waals surface area (Å²) in [6, 6.07) is 9.14. The second-order valence-corrected chi connectivity index (χ2v) is 3.87. The number of ether oxygens (including phenoxy) is 1. The maximum Gasteiger partial charge on any atom is 0.347 e. The molecule has 1 aliphatic heterocycles. The molecular weight excluding hydrogens is 246 g/mol. The number of benzene rings is 1. The molecule has 5 heteroatoms. The molecule has 0 bridgehead atoms. The van der Waals surface area contributed by atoms with Gasteiger partial charge in [-0.2, -0.15) is 0 Å². The number of amides is 1. The molecule has 1 amide bonds. The van der Waals surface area contributed by atoms with E-state index in [1.807, 2.05) is 30.3 Å². The molecule has 0 spiro atoms. The van der Waals surface area contributed by atoms with Gasteiger partial charge in [-0.15, -0.1) is 0 Å². The lowest BCUT2D eigenvalue weighted by atomic mass is 10.1. The lowest BCUT2D eigenvalue weighted by Gasteiger charge is -1.99. The zero-order valence-corrected chi connectivity index (χ0v) is 10.3. The molecular formula is C14H13NO4. The number of carbonyl (C=O) groups is 2. The molecule has 2 N–H and O–H groups in total. The van der Waals surface area contributed by atoms with Crippen molar-refractivity contribution >= 4 is 18.0 Å². The zero-order chi connectivity index (χ0) is 13.8. The van der Waals surface area contributed by atoms with Gasteiger partial charge in [0.05, 0.1) is 12.3 Å². The predicted octanol–water partition coefficient (Wildman–Crippen LogP) is 1.53. The first kappa shape index (κ1) is 12.9. The Kier molecular flexibility index (Phi) is 3.66. The minimum absolute atomic E-state index is 0.140. The van der Waals surface area contributed by atoms with Crippen LogP contribution in [0.25, 0.3) is 6.08 Å². The molecule has 5 nitrogen and oxygen atoms in total. The molecule has 0 fully saturated rings. The highest BCUT2D eigenvalue weighted by molar-refractivity contribution is 6.20. The minimum Gasteiger partial charge on any atom is -0.505 e. The normalized spacial score (nSPS) is 16.7. The van der Waals surface area contributed by atoms with Gasteiger partial charge in [0.2, 0.25) is 0 Å². The van der Waals surface area contributed by atoms with Gasteiger partial charge in [0.15, 0.2) is 11.3 Å². The van der Waals surface area contributed by atoms with E-state index in [2.05, 4.69) is 5.32 Å². The highest BCUT2D eigenvalue weighted by atomic mass is 16.5. The van der Waals surface area contributed by atoms with Gasteiger partial charge in [-0.3, -0.25) is 4.79 Å². The lowest BCUT2D eigenvalue weighted by molar-refractivity contribution is -0.140. The molecule has 0 aromatic heterocycles. The smallest absolute Gasteiger partial charge is 0.347 e. The summed E-state index contributed by atoms with van der Waals surface area (Å²) < 4.78 is 4.72. The Morgan fingerprint density at radius 3 is 2.68 bits per heavy atom. The Labute approximate surface area is 110 Å². The fraction of sp³-hybridized carbons (Fsp3) is 0.143.